The number of hydrogen-bond acceptors (Lipinski definition) is 0. The molecule has 0 saturated carbocycles. The Morgan fingerprint density at radius 3 is 1.00 bits per heavy atom. The monoisotopic (exact) mass is 398 g/mol. The van der Waals surface area contributed by atoms with Crippen LogP contribution in [-0.2, 0) is 0 Å². The molecule has 0 aliphatic heterocycles. The van der Waals surface area contributed by atoms with Gasteiger partial charge in [-0.1, -0.05) is 0 Å². The summed E-state index contributed by atoms with van der Waals surface area (Å²) in [6, 6.07) is 9.55. The third-order valence-corrected chi connectivity index (χ3v) is 11.1. The van der Waals surface area contributed by atoms with Gasteiger partial charge in [0, 0.05) is 0 Å². The van der Waals surface area contributed by atoms with E-state index in [-0.39, 0.29) is 0 Å². The van der Waals surface area contributed by atoms with Crippen LogP contribution in [-0.4, -0.2) is 26.3 Å². The molecule has 0 heterocycles. The molecule has 20 heavy (non-hydrogen) atoms. The van der Waals surface area contributed by atoms with Gasteiger partial charge in [-0.3, -0.25) is 0 Å². The number of aryl methyl sites for hydroxylation is 4. The molecule has 0 aliphatic rings. The van der Waals surface area contributed by atoms with E-state index in [0.29, 0.717) is 26.3 Å². The van der Waals surface area contributed by atoms with Gasteiger partial charge < -0.3 is 0 Å². The third-order valence-electron chi connectivity index (χ3n) is 4.04. The first-order valence-electron chi connectivity index (χ1n) is 6.88. The molecule has 0 nitrogen and oxygen atoms in total. The zero-order valence-electron chi connectivity index (χ0n) is 13.1. The van der Waals surface area contributed by atoms with Crippen molar-refractivity contribution < 1.29 is 0 Å². The van der Waals surface area contributed by atoms with Crippen LogP contribution in [0.1, 0.15) is 33.4 Å². The summed E-state index contributed by atoms with van der Waals surface area (Å²) in [6.07, 6.45) is 0. The topological polar surface area (TPSA) is 0 Å². The van der Waals surface area contributed by atoms with Crippen molar-refractivity contribution in [1.29, 1.82) is 0 Å². The van der Waals surface area contributed by atoms with Gasteiger partial charge in [-0.25, -0.2) is 0 Å². The van der Waals surface area contributed by atoms with Crippen LogP contribution >= 0.6 is 0 Å². The molecule has 0 amide bonds. The van der Waals surface area contributed by atoms with Crippen molar-refractivity contribution in [2.75, 3.05) is 0 Å². The molecule has 106 valence electrons. The fraction of sp³-hybridized carbons (Fsp3) is 0.333. The van der Waals surface area contributed by atoms with Crippen LogP contribution in [0.4, 0.5) is 0 Å². The summed E-state index contributed by atoms with van der Waals surface area (Å²) in [5.74, 6) is 0. The van der Waals surface area contributed by atoms with Gasteiger partial charge in [0.2, 0.25) is 0 Å². The fourth-order valence-electron chi connectivity index (χ4n) is 2.18. The second-order valence-corrected chi connectivity index (χ2v) is 11.8. The molecule has 2 rings (SSSR count). The van der Waals surface area contributed by atoms with Crippen molar-refractivity contribution in [3.8, 4) is 0 Å². The average Bonchev–Trinajstić information content (AvgIpc) is 2.39. The summed E-state index contributed by atoms with van der Waals surface area (Å²) in [5, 5.41) is 0. The molecule has 0 unspecified atom stereocenters. The van der Waals surface area contributed by atoms with Crippen molar-refractivity contribution in [3.05, 3.63) is 57.6 Å². The van der Waals surface area contributed by atoms with E-state index in [2.05, 4.69) is 65.8 Å². The van der Waals surface area contributed by atoms with Crippen LogP contribution in [0, 0.1) is 41.5 Å². The molecular formula is C18H22Se2. The maximum absolute atomic E-state index is 2.39. The molecule has 0 fully saturated rings. The first-order valence-corrected chi connectivity index (χ1v) is 12.9. The van der Waals surface area contributed by atoms with E-state index in [9.17, 15) is 0 Å². The summed E-state index contributed by atoms with van der Waals surface area (Å²) in [6.45, 7) is 13.4. The third kappa shape index (κ3) is 3.57. The summed E-state index contributed by atoms with van der Waals surface area (Å²) in [7, 11) is 0. The summed E-state index contributed by atoms with van der Waals surface area (Å²) < 4.78 is 3.10. The Kier molecular flexibility index (Phi) is 5.15. The van der Waals surface area contributed by atoms with Crippen LogP contribution in [0.3, 0.4) is 0 Å². The molecule has 0 saturated heterocycles. The maximum atomic E-state index is 2.39. The molecule has 2 heteroatoms. The van der Waals surface area contributed by atoms with E-state index in [0.717, 1.165) is 0 Å². The Hall–Kier alpha value is -0.521. The normalized spacial score (nSPS) is 10.9. The Labute approximate surface area is 134 Å². The van der Waals surface area contributed by atoms with Crippen molar-refractivity contribution in [3.63, 3.8) is 0 Å². The Morgan fingerprint density at radius 2 is 0.750 bits per heavy atom. The van der Waals surface area contributed by atoms with Crippen LogP contribution in [0.5, 0.6) is 0 Å². The van der Waals surface area contributed by atoms with E-state index >= 15 is 0 Å². The van der Waals surface area contributed by atoms with Crippen LogP contribution in [0.2, 0.25) is 0 Å². The second kappa shape index (κ2) is 6.50. The fourth-order valence-corrected chi connectivity index (χ4v) is 8.67. The number of rotatable bonds is 3. The molecule has 0 aromatic heterocycles. The van der Waals surface area contributed by atoms with Crippen molar-refractivity contribution in [2.24, 2.45) is 0 Å². The summed E-state index contributed by atoms with van der Waals surface area (Å²) in [5.41, 5.74) is 8.64. The quantitative estimate of drug-likeness (QED) is 0.701. The minimum absolute atomic E-state index is 0.588. The first-order chi connectivity index (χ1) is 9.38. The first kappa shape index (κ1) is 15.9. The Bertz CT molecular complexity index is 538. The van der Waals surface area contributed by atoms with Gasteiger partial charge in [0.1, 0.15) is 0 Å². The van der Waals surface area contributed by atoms with Crippen molar-refractivity contribution in [1.82, 2.24) is 0 Å². The molecule has 0 atom stereocenters. The molecule has 2 aromatic rings. The van der Waals surface area contributed by atoms with Gasteiger partial charge in [0.05, 0.1) is 0 Å². The molecule has 0 spiro atoms. The predicted molar refractivity (Wildman–Crippen MR) is 92.1 cm³/mol. The summed E-state index contributed by atoms with van der Waals surface area (Å²) >= 11 is 1.18. The number of hydrogen-bond donors (Lipinski definition) is 0. The Balaban J connectivity index is 2.17. The van der Waals surface area contributed by atoms with E-state index in [1.807, 2.05) is 0 Å². The molecule has 0 N–H and O–H groups in total. The van der Waals surface area contributed by atoms with Gasteiger partial charge in [0.15, 0.2) is 0 Å². The SMILES string of the molecule is Cc1cc([Se][Se]c2cc(C)c(C)c(C)c2)cc(C)c1C. The van der Waals surface area contributed by atoms with Crippen LogP contribution in [0.15, 0.2) is 24.3 Å². The molecule has 2 aromatic carbocycles. The average molecular weight is 396 g/mol. The summed E-state index contributed by atoms with van der Waals surface area (Å²) in [4.78, 5) is 0. The molecule has 0 bridgehead atoms. The zero-order chi connectivity index (χ0) is 14.9. The van der Waals surface area contributed by atoms with Gasteiger partial charge in [-0.15, -0.1) is 0 Å². The Morgan fingerprint density at radius 1 is 0.500 bits per heavy atom. The standard InChI is InChI=1S/C18H22Se2/c1-11-7-17(8-12(2)15(11)5)19-20-18-9-13(3)16(6)14(4)10-18/h7-10H,1-6H3. The van der Waals surface area contributed by atoms with E-state index in [1.54, 1.807) is 8.92 Å². The zero-order valence-corrected chi connectivity index (χ0v) is 16.6. The second-order valence-electron chi connectivity index (χ2n) is 5.53. The van der Waals surface area contributed by atoms with E-state index < -0.39 is 0 Å². The molecule has 0 radical (unpaired) electrons. The van der Waals surface area contributed by atoms with Gasteiger partial charge in [-0.05, 0) is 0 Å². The predicted octanol–water partition coefficient (Wildman–Crippen LogP) is 2.81. The van der Waals surface area contributed by atoms with Crippen molar-refractivity contribution in [2.45, 2.75) is 41.5 Å². The van der Waals surface area contributed by atoms with Crippen molar-refractivity contribution >= 4 is 35.2 Å². The van der Waals surface area contributed by atoms with Crippen LogP contribution in [0.25, 0.3) is 0 Å². The van der Waals surface area contributed by atoms with E-state index in [4.69, 9.17) is 0 Å². The molecular weight excluding hydrogens is 374 g/mol. The van der Waals surface area contributed by atoms with Gasteiger partial charge >= 0.3 is 134 Å². The van der Waals surface area contributed by atoms with E-state index in [1.165, 1.54) is 33.4 Å². The van der Waals surface area contributed by atoms with Gasteiger partial charge in [-0.2, -0.15) is 0 Å². The minimum atomic E-state index is 0.588. The van der Waals surface area contributed by atoms with Gasteiger partial charge in [0.25, 0.3) is 0 Å². The van der Waals surface area contributed by atoms with Crippen LogP contribution < -0.4 is 8.92 Å². The molecule has 0 aliphatic carbocycles. The number of benzene rings is 2.